The van der Waals surface area contributed by atoms with E-state index in [0.717, 1.165) is 19.6 Å². The number of aryl methyl sites for hydroxylation is 1. The van der Waals surface area contributed by atoms with Gasteiger partial charge in [0.25, 0.3) is 0 Å². The van der Waals surface area contributed by atoms with E-state index < -0.39 is 0 Å². The van der Waals surface area contributed by atoms with Gasteiger partial charge >= 0.3 is 0 Å². The summed E-state index contributed by atoms with van der Waals surface area (Å²) in [4.78, 5) is 9.06. The van der Waals surface area contributed by atoms with Crippen molar-refractivity contribution < 1.29 is 0 Å². The lowest BCUT2D eigenvalue weighted by Gasteiger charge is -2.41. The van der Waals surface area contributed by atoms with Gasteiger partial charge in [0, 0.05) is 45.5 Å². The number of nitrogens with zero attached hydrogens (tertiary/aromatic N) is 4. The van der Waals surface area contributed by atoms with Crippen LogP contribution in [0.2, 0.25) is 0 Å². The fourth-order valence-electron chi connectivity index (χ4n) is 2.51. The summed E-state index contributed by atoms with van der Waals surface area (Å²) < 4.78 is 2.07. The first kappa shape index (κ1) is 12.5. The van der Waals surface area contributed by atoms with Gasteiger partial charge in [-0.25, -0.2) is 4.98 Å². The molecule has 1 aromatic heterocycles. The maximum absolute atomic E-state index is 5.95. The molecule has 0 bridgehead atoms. The van der Waals surface area contributed by atoms with Crippen LogP contribution in [-0.4, -0.2) is 58.6 Å². The van der Waals surface area contributed by atoms with Crippen molar-refractivity contribution in [3.8, 4) is 0 Å². The lowest BCUT2D eigenvalue weighted by molar-refractivity contribution is 0.0718. The Morgan fingerprint density at radius 1 is 1.47 bits per heavy atom. The van der Waals surface area contributed by atoms with Crippen molar-refractivity contribution in [3.05, 3.63) is 18.2 Å². The molecule has 1 aromatic rings. The van der Waals surface area contributed by atoms with Crippen molar-refractivity contribution in [2.24, 2.45) is 12.8 Å². The molecule has 0 aromatic carbocycles. The van der Waals surface area contributed by atoms with E-state index in [4.69, 9.17) is 5.73 Å². The van der Waals surface area contributed by atoms with Gasteiger partial charge in [-0.05, 0) is 14.0 Å². The highest BCUT2D eigenvalue weighted by Crippen LogP contribution is 2.21. The monoisotopic (exact) mass is 237 g/mol. The second-order valence-corrected chi connectivity index (χ2v) is 5.01. The Labute approximate surface area is 103 Å². The van der Waals surface area contributed by atoms with Crippen LogP contribution in [0.25, 0.3) is 0 Å². The number of piperazine rings is 1. The highest BCUT2D eigenvalue weighted by Gasteiger charge is 2.27. The molecule has 2 unspecified atom stereocenters. The lowest BCUT2D eigenvalue weighted by atomic mass is 10.1. The Hall–Kier alpha value is -0.910. The molecule has 1 saturated heterocycles. The van der Waals surface area contributed by atoms with E-state index >= 15 is 0 Å². The van der Waals surface area contributed by atoms with Gasteiger partial charge in [-0.15, -0.1) is 0 Å². The van der Waals surface area contributed by atoms with Gasteiger partial charge in [-0.2, -0.15) is 0 Å². The summed E-state index contributed by atoms with van der Waals surface area (Å²) in [5, 5.41) is 0. The molecule has 0 saturated carbocycles. The molecule has 5 nitrogen and oxygen atoms in total. The predicted octanol–water partition coefficient (Wildman–Crippen LogP) is 0.0558. The molecule has 0 spiro atoms. The van der Waals surface area contributed by atoms with Crippen LogP contribution in [0.15, 0.2) is 12.5 Å². The summed E-state index contributed by atoms with van der Waals surface area (Å²) in [6, 6.07) is 0.879. The molecular weight excluding hydrogens is 214 g/mol. The summed E-state index contributed by atoms with van der Waals surface area (Å²) >= 11 is 0. The quantitative estimate of drug-likeness (QED) is 0.807. The third kappa shape index (κ3) is 2.51. The van der Waals surface area contributed by atoms with E-state index in [1.807, 2.05) is 19.6 Å². The van der Waals surface area contributed by atoms with Gasteiger partial charge in [-0.1, -0.05) is 0 Å². The van der Waals surface area contributed by atoms with E-state index in [-0.39, 0.29) is 0 Å². The topological polar surface area (TPSA) is 50.3 Å². The average molecular weight is 237 g/mol. The summed E-state index contributed by atoms with van der Waals surface area (Å²) in [7, 11) is 4.22. The SMILES string of the molecule is CC1CN(C(CN)c2cncn2C)CCN1C. The molecule has 2 heterocycles. The summed E-state index contributed by atoms with van der Waals surface area (Å²) in [5.74, 6) is 0. The Morgan fingerprint density at radius 2 is 2.24 bits per heavy atom. The molecule has 2 rings (SSSR count). The van der Waals surface area contributed by atoms with Crippen molar-refractivity contribution >= 4 is 0 Å². The Morgan fingerprint density at radius 3 is 2.76 bits per heavy atom. The van der Waals surface area contributed by atoms with Gasteiger partial charge in [0.1, 0.15) is 0 Å². The number of likely N-dealkylation sites (N-methyl/N-ethyl adjacent to an activating group) is 1. The van der Waals surface area contributed by atoms with Crippen LogP contribution in [0.1, 0.15) is 18.7 Å². The predicted molar refractivity (Wildman–Crippen MR) is 68.7 cm³/mol. The zero-order valence-corrected chi connectivity index (χ0v) is 11.0. The van der Waals surface area contributed by atoms with Crippen molar-refractivity contribution in [1.29, 1.82) is 0 Å². The molecule has 2 atom stereocenters. The molecule has 1 aliphatic rings. The molecule has 0 aliphatic carbocycles. The standard InChI is InChI=1S/C12H23N5/c1-10-8-17(5-4-15(10)2)11(6-13)12-7-14-9-16(12)3/h7,9-11H,4-6,8,13H2,1-3H3. The van der Waals surface area contributed by atoms with E-state index in [1.54, 1.807) is 0 Å². The minimum atomic E-state index is 0.290. The molecule has 0 radical (unpaired) electrons. The van der Waals surface area contributed by atoms with Gasteiger partial charge in [0.2, 0.25) is 0 Å². The van der Waals surface area contributed by atoms with Crippen LogP contribution in [-0.2, 0) is 7.05 Å². The average Bonchev–Trinajstić information content (AvgIpc) is 2.71. The number of hydrogen-bond acceptors (Lipinski definition) is 4. The minimum absolute atomic E-state index is 0.290. The number of rotatable bonds is 3. The molecule has 5 heteroatoms. The van der Waals surface area contributed by atoms with E-state index in [0.29, 0.717) is 18.6 Å². The molecule has 1 fully saturated rings. The van der Waals surface area contributed by atoms with E-state index in [2.05, 4.69) is 33.3 Å². The number of nitrogens with two attached hydrogens (primary N) is 1. The van der Waals surface area contributed by atoms with Crippen LogP contribution < -0.4 is 5.73 Å². The Kier molecular flexibility index (Phi) is 3.81. The largest absolute Gasteiger partial charge is 0.336 e. The van der Waals surface area contributed by atoms with Gasteiger partial charge < -0.3 is 15.2 Å². The number of imidazole rings is 1. The van der Waals surface area contributed by atoms with Crippen molar-refractivity contribution in [1.82, 2.24) is 19.4 Å². The lowest BCUT2D eigenvalue weighted by Crippen LogP contribution is -2.52. The normalized spacial score (nSPS) is 25.1. The fraction of sp³-hybridized carbons (Fsp3) is 0.750. The number of aromatic nitrogens is 2. The zero-order valence-electron chi connectivity index (χ0n) is 11.0. The zero-order chi connectivity index (χ0) is 12.4. The van der Waals surface area contributed by atoms with Crippen molar-refractivity contribution in [3.63, 3.8) is 0 Å². The highest BCUT2D eigenvalue weighted by atomic mass is 15.3. The Bertz CT molecular complexity index is 362. The molecule has 0 amide bonds. The number of hydrogen-bond donors (Lipinski definition) is 1. The second-order valence-electron chi connectivity index (χ2n) is 5.01. The van der Waals surface area contributed by atoms with E-state index in [9.17, 15) is 0 Å². The van der Waals surface area contributed by atoms with Crippen molar-refractivity contribution in [2.45, 2.75) is 19.0 Å². The molecule has 1 aliphatic heterocycles. The Balaban J connectivity index is 2.12. The van der Waals surface area contributed by atoms with Crippen molar-refractivity contribution in [2.75, 3.05) is 33.2 Å². The van der Waals surface area contributed by atoms with E-state index in [1.165, 1.54) is 5.69 Å². The van der Waals surface area contributed by atoms with Gasteiger partial charge in [-0.3, -0.25) is 4.90 Å². The van der Waals surface area contributed by atoms with Crippen LogP contribution in [0.3, 0.4) is 0 Å². The molecule has 2 N–H and O–H groups in total. The molecule has 17 heavy (non-hydrogen) atoms. The first-order valence-corrected chi connectivity index (χ1v) is 6.24. The van der Waals surface area contributed by atoms with Crippen LogP contribution in [0.5, 0.6) is 0 Å². The summed E-state index contributed by atoms with van der Waals surface area (Å²) in [6.07, 6.45) is 3.78. The highest BCUT2D eigenvalue weighted by molar-refractivity contribution is 5.06. The summed E-state index contributed by atoms with van der Waals surface area (Å²) in [6.45, 7) is 6.17. The van der Waals surface area contributed by atoms with Gasteiger partial charge in [0.15, 0.2) is 0 Å². The third-order valence-electron chi connectivity index (χ3n) is 3.85. The first-order chi connectivity index (χ1) is 8.13. The van der Waals surface area contributed by atoms with Crippen LogP contribution in [0.4, 0.5) is 0 Å². The van der Waals surface area contributed by atoms with Crippen LogP contribution >= 0.6 is 0 Å². The summed E-state index contributed by atoms with van der Waals surface area (Å²) in [5.41, 5.74) is 7.16. The molecule has 96 valence electrons. The maximum atomic E-state index is 5.95. The first-order valence-electron chi connectivity index (χ1n) is 6.24. The molecular formula is C12H23N5. The maximum Gasteiger partial charge on any atom is 0.0946 e. The third-order valence-corrected chi connectivity index (χ3v) is 3.85. The second kappa shape index (κ2) is 5.16. The fourth-order valence-corrected chi connectivity index (χ4v) is 2.51. The van der Waals surface area contributed by atoms with Crippen LogP contribution in [0, 0.1) is 0 Å². The minimum Gasteiger partial charge on any atom is -0.336 e. The smallest absolute Gasteiger partial charge is 0.0946 e. The van der Waals surface area contributed by atoms with Gasteiger partial charge in [0.05, 0.1) is 18.1 Å².